The first kappa shape index (κ1) is 24.7. The summed E-state index contributed by atoms with van der Waals surface area (Å²) in [7, 11) is 6.69. The molecule has 5 nitrogen and oxygen atoms in total. The Hall–Kier alpha value is 2.71. The maximum atomic E-state index is 9.72. The van der Waals surface area contributed by atoms with Crippen LogP contribution in [-0.4, -0.2) is 73.9 Å². The molecule has 1 heterocycles. The van der Waals surface area contributed by atoms with Crippen molar-refractivity contribution in [1.82, 2.24) is 0 Å². The van der Waals surface area contributed by atoms with Gasteiger partial charge in [0, 0.05) is 0 Å². The average molecular weight is 653 g/mol. The van der Waals surface area contributed by atoms with E-state index < -0.39 is 62.2 Å². The summed E-state index contributed by atoms with van der Waals surface area (Å²) in [5.74, 6) is 3.17. The molecule has 5 atom stereocenters. The molecular weight excluding hydrogens is 634 g/mol. The molecule has 0 aromatic carbocycles. The molecule has 1 fully saturated rings. The third-order valence-corrected chi connectivity index (χ3v) is 11.3. The topological polar surface area (TPSA) is 57.2 Å². The Morgan fingerprint density at radius 1 is 1.25 bits per heavy atom. The predicted octanol–water partition coefficient (Wildman–Crippen LogP) is 1.84. The molecule has 0 bridgehead atoms. The van der Waals surface area contributed by atoms with Gasteiger partial charge in [-0.25, -0.2) is 0 Å². The van der Waals surface area contributed by atoms with Crippen LogP contribution in [0.25, 0.3) is 0 Å². The third-order valence-electron chi connectivity index (χ3n) is 3.00. The Morgan fingerprint density at radius 2 is 1.88 bits per heavy atom. The van der Waals surface area contributed by atoms with Crippen LogP contribution >= 0.6 is 19.6 Å². The van der Waals surface area contributed by atoms with Crippen molar-refractivity contribution in [3.63, 3.8) is 0 Å². The van der Waals surface area contributed by atoms with Crippen LogP contribution in [0.15, 0.2) is 0 Å². The number of aliphatic hydroxyl groups is 1. The zero-order valence-electron chi connectivity index (χ0n) is 13.4. The molecule has 1 aliphatic heterocycles. The Morgan fingerprint density at radius 3 is 2.38 bits per heavy atom. The average Bonchev–Trinajstić information content (AvgIpc) is 2.53. The predicted molar refractivity (Wildman–Crippen MR) is 113 cm³/mol. The van der Waals surface area contributed by atoms with Crippen LogP contribution < -0.4 is 0 Å². The number of ether oxygens (including phenoxy) is 1. The second kappa shape index (κ2) is 13.0. The molecule has 1 N–H and O–H groups in total. The third kappa shape index (κ3) is 8.38. The van der Waals surface area contributed by atoms with Crippen molar-refractivity contribution in [1.29, 1.82) is 0 Å². The molecule has 0 spiro atoms. The summed E-state index contributed by atoms with van der Waals surface area (Å²) < 4.78 is 24.3. The molecule has 0 aromatic rings. The van der Waals surface area contributed by atoms with E-state index >= 15 is 0 Å². The van der Waals surface area contributed by atoms with E-state index in [1.807, 2.05) is 0 Å². The van der Waals surface area contributed by atoms with Gasteiger partial charge in [-0.3, -0.25) is 0 Å². The van der Waals surface area contributed by atoms with Gasteiger partial charge < -0.3 is 0 Å². The van der Waals surface area contributed by atoms with E-state index in [-0.39, 0.29) is 6.61 Å². The Balaban J connectivity index is 3.23. The number of hydrogen-bond donors (Lipinski definition) is 1. The molecule has 1 saturated heterocycles. The fraction of sp³-hybridized carbons (Fsp3) is 0.818. The second-order valence-electron chi connectivity index (χ2n) is 5.91. The number of aliphatic hydroxyl groups excluding tert-OH is 1. The summed E-state index contributed by atoms with van der Waals surface area (Å²) >= 11 is 4.36. The van der Waals surface area contributed by atoms with E-state index in [9.17, 15) is 5.11 Å². The van der Waals surface area contributed by atoms with Crippen molar-refractivity contribution < 1.29 is 20.9 Å². The van der Waals surface area contributed by atoms with Gasteiger partial charge >= 0.3 is 174 Å². The molecule has 134 valence electrons. The van der Waals surface area contributed by atoms with Crippen LogP contribution in [0.3, 0.4) is 0 Å². The molecule has 13 heteroatoms. The molecule has 24 heavy (non-hydrogen) atoms. The van der Waals surface area contributed by atoms with Gasteiger partial charge in [-0.1, -0.05) is 0 Å². The Labute approximate surface area is 172 Å². The summed E-state index contributed by atoms with van der Waals surface area (Å²) in [5, 5.41) is 9.72. The van der Waals surface area contributed by atoms with Gasteiger partial charge in [-0.05, 0) is 0 Å². The van der Waals surface area contributed by atoms with E-state index in [1.54, 1.807) is 0 Å². The summed E-state index contributed by atoms with van der Waals surface area (Å²) in [5.41, 5.74) is 3.30. The van der Waals surface area contributed by atoms with Crippen LogP contribution in [0.4, 0.5) is 0 Å². The SMILES string of the molecule is C[Si](C)(C)C#C[C@H]1O[C@H](CO)[C@@H]([O][Tl]=[P+]=S)[C@H](O[SH-]#P)[C@@H]1O[SH-]#P. The fourth-order valence-electron chi connectivity index (χ4n) is 2.07. The second-order valence-corrected chi connectivity index (χ2v) is 24.3. The number of hydrogen-bond acceptors (Lipinski definition) is 8. The van der Waals surface area contributed by atoms with Gasteiger partial charge in [-0.2, -0.15) is 0 Å². The minimum absolute atomic E-state index is 0.176. The monoisotopic (exact) mass is 653 g/mol. The van der Waals surface area contributed by atoms with Gasteiger partial charge in [0.05, 0.1) is 0 Å². The molecule has 0 aromatic heterocycles. The zero-order valence-corrected chi connectivity index (χ0v) is 24.2. The van der Waals surface area contributed by atoms with E-state index in [0.29, 0.717) is 22.0 Å². The first-order valence-corrected chi connectivity index (χ1v) is 24.2. The normalized spacial score (nSPS) is 30.0. The summed E-state index contributed by atoms with van der Waals surface area (Å²) in [6.45, 7) is 6.29. The van der Waals surface area contributed by atoms with Gasteiger partial charge in [0.15, 0.2) is 0 Å². The summed E-state index contributed by atoms with van der Waals surface area (Å²) in [6.07, 6.45) is -2.36. The van der Waals surface area contributed by atoms with Crippen LogP contribution in [0.5, 0.6) is 0 Å². The molecule has 1 rings (SSSR count). The van der Waals surface area contributed by atoms with Gasteiger partial charge in [0.2, 0.25) is 0 Å². The van der Waals surface area contributed by atoms with Crippen LogP contribution in [0.1, 0.15) is 0 Å². The van der Waals surface area contributed by atoms with E-state index in [2.05, 4.69) is 46.7 Å². The van der Waals surface area contributed by atoms with Crippen molar-refractivity contribution in [2.45, 2.75) is 50.2 Å². The van der Waals surface area contributed by atoms with Crippen molar-refractivity contribution in [2.24, 2.45) is 0 Å². The Kier molecular flexibility index (Phi) is 13.4. The molecular formula is C11H19O5P3S3SiTl-. The summed E-state index contributed by atoms with van der Waals surface area (Å²) in [6, 6.07) is 0. The number of rotatable bonds is 5. The van der Waals surface area contributed by atoms with Crippen LogP contribution in [0, 0.1) is 11.5 Å². The van der Waals surface area contributed by atoms with Crippen LogP contribution in [-0.2, 0) is 49.6 Å². The van der Waals surface area contributed by atoms with Crippen molar-refractivity contribution in [3.8, 4) is 11.5 Å². The first-order chi connectivity index (χ1) is 11.4. The molecule has 1 aliphatic rings. The minimum atomic E-state index is -1.58. The fourth-order valence-corrected chi connectivity index (χ4v) is 8.99. The molecule has 0 amide bonds. The van der Waals surface area contributed by atoms with Gasteiger partial charge in [0.25, 0.3) is 0 Å². The van der Waals surface area contributed by atoms with Crippen molar-refractivity contribution >= 4 is 85.1 Å². The Bertz CT molecular complexity index is 634. The maximum absolute atomic E-state index is 9.72. The van der Waals surface area contributed by atoms with Crippen molar-refractivity contribution in [3.05, 3.63) is 0 Å². The van der Waals surface area contributed by atoms with Crippen molar-refractivity contribution in [2.75, 3.05) is 6.61 Å². The van der Waals surface area contributed by atoms with E-state index in [1.165, 1.54) is 0 Å². The van der Waals surface area contributed by atoms with Gasteiger partial charge in [-0.15, -0.1) is 0 Å². The standard InChI is InChI=1S/C11H19O5P2S2Si.PS.Tl/c1-21(2,3)5-4-7-10(15-19-17)11(16-20-18)9(13)8(6-12)14-7;1-2;/h7-12,19-20H,6H2,1-3H3;;/q-3;-1;+3/t7-,8-,9-,10-,11+;;/m1../s1. The molecule has 0 saturated carbocycles. The quantitative estimate of drug-likeness (QED) is 0.161. The number of thiol groups is 2. The van der Waals surface area contributed by atoms with E-state index in [0.717, 1.165) is 4.00 Å². The molecule has 0 radical (unpaired) electrons. The molecule has 0 aliphatic carbocycles. The van der Waals surface area contributed by atoms with E-state index in [4.69, 9.17) is 27.6 Å². The first-order valence-electron chi connectivity index (χ1n) is 6.97. The van der Waals surface area contributed by atoms with Crippen LogP contribution in [0.2, 0.25) is 19.6 Å². The zero-order chi connectivity index (χ0) is 18.2. The molecule has 0 unspecified atom stereocenters. The summed E-state index contributed by atoms with van der Waals surface area (Å²) in [4.78, 5) is 0. The van der Waals surface area contributed by atoms with Gasteiger partial charge in [0.1, 0.15) is 0 Å².